The number of pyridine rings is 1. The lowest BCUT2D eigenvalue weighted by Crippen LogP contribution is -2.36. The molecular formula is C12H17N3O4. The Morgan fingerprint density at radius 3 is 2.79 bits per heavy atom. The SMILES string of the molecule is CCOc1ccc(NC(=O)C(N)CCC(=O)O)cn1. The first kappa shape index (κ1) is 14.9. The summed E-state index contributed by atoms with van der Waals surface area (Å²) in [6.07, 6.45) is 1.40. The molecule has 0 saturated heterocycles. The molecule has 0 aliphatic rings. The molecular weight excluding hydrogens is 250 g/mol. The van der Waals surface area contributed by atoms with Crippen molar-refractivity contribution in [2.45, 2.75) is 25.8 Å². The number of carbonyl (C=O) groups excluding carboxylic acids is 1. The van der Waals surface area contributed by atoms with Gasteiger partial charge in [0, 0.05) is 12.5 Å². The van der Waals surface area contributed by atoms with E-state index in [0.717, 1.165) is 0 Å². The van der Waals surface area contributed by atoms with Crippen molar-refractivity contribution in [1.29, 1.82) is 0 Å². The lowest BCUT2D eigenvalue weighted by molar-refractivity contribution is -0.137. The first-order valence-corrected chi connectivity index (χ1v) is 5.90. The number of hydrogen-bond donors (Lipinski definition) is 3. The van der Waals surface area contributed by atoms with Crippen LogP contribution in [0.1, 0.15) is 19.8 Å². The quantitative estimate of drug-likeness (QED) is 0.666. The van der Waals surface area contributed by atoms with Gasteiger partial charge < -0.3 is 20.9 Å². The maximum absolute atomic E-state index is 11.6. The van der Waals surface area contributed by atoms with Crippen LogP contribution >= 0.6 is 0 Å². The van der Waals surface area contributed by atoms with Crippen LogP contribution in [0.5, 0.6) is 5.88 Å². The monoisotopic (exact) mass is 267 g/mol. The molecule has 104 valence electrons. The number of aromatic nitrogens is 1. The molecule has 0 aromatic carbocycles. The molecule has 1 unspecified atom stereocenters. The first-order valence-electron chi connectivity index (χ1n) is 5.90. The van der Waals surface area contributed by atoms with Crippen molar-refractivity contribution >= 4 is 17.6 Å². The minimum atomic E-state index is -0.981. The highest BCUT2D eigenvalue weighted by Gasteiger charge is 2.15. The predicted octanol–water partition coefficient (Wildman–Crippen LogP) is 0.611. The molecule has 0 fully saturated rings. The summed E-state index contributed by atoms with van der Waals surface area (Å²) in [7, 11) is 0. The predicted molar refractivity (Wildman–Crippen MR) is 68.9 cm³/mol. The Bertz CT molecular complexity index is 433. The van der Waals surface area contributed by atoms with Crippen molar-refractivity contribution in [3.05, 3.63) is 18.3 Å². The fourth-order valence-electron chi connectivity index (χ4n) is 1.33. The summed E-state index contributed by atoms with van der Waals surface area (Å²) in [5.74, 6) is -0.950. The van der Waals surface area contributed by atoms with Gasteiger partial charge in [-0.3, -0.25) is 9.59 Å². The lowest BCUT2D eigenvalue weighted by Gasteiger charge is -2.11. The van der Waals surface area contributed by atoms with Gasteiger partial charge in [0.05, 0.1) is 24.5 Å². The Morgan fingerprint density at radius 2 is 2.26 bits per heavy atom. The standard InChI is InChI=1S/C12H17N3O4/c1-2-19-10-5-3-8(7-14-10)15-12(18)9(13)4-6-11(16)17/h3,5,7,9H,2,4,6,13H2,1H3,(H,15,18)(H,16,17). The van der Waals surface area contributed by atoms with Crippen LogP contribution in [0.2, 0.25) is 0 Å². The second-order valence-corrected chi connectivity index (χ2v) is 3.85. The third-order valence-corrected chi connectivity index (χ3v) is 2.30. The largest absolute Gasteiger partial charge is 0.481 e. The van der Waals surface area contributed by atoms with Gasteiger partial charge in [0.1, 0.15) is 0 Å². The normalized spacial score (nSPS) is 11.7. The van der Waals surface area contributed by atoms with E-state index in [2.05, 4.69) is 10.3 Å². The highest BCUT2D eigenvalue weighted by Crippen LogP contribution is 2.12. The zero-order valence-electron chi connectivity index (χ0n) is 10.6. The van der Waals surface area contributed by atoms with E-state index in [9.17, 15) is 9.59 Å². The number of carboxylic acids is 1. The van der Waals surface area contributed by atoms with Crippen LogP contribution in [0.4, 0.5) is 5.69 Å². The van der Waals surface area contributed by atoms with Crippen molar-refractivity contribution in [1.82, 2.24) is 4.98 Å². The molecule has 0 radical (unpaired) electrons. The highest BCUT2D eigenvalue weighted by atomic mass is 16.5. The fourth-order valence-corrected chi connectivity index (χ4v) is 1.33. The van der Waals surface area contributed by atoms with Crippen LogP contribution in [0.25, 0.3) is 0 Å². The summed E-state index contributed by atoms with van der Waals surface area (Å²) in [4.78, 5) is 26.0. The minimum Gasteiger partial charge on any atom is -0.481 e. The number of anilines is 1. The summed E-state index contributed by atoms with van der Waals surface area (Å²) < 4.78 is 5.16. The fraction of sp³-hybridized carbons (Fsp3) is 0.417. The van der Waals surface area contributed by atoms with Gasteiger partial charge in [-0.25, -0.2) is 4.98 Å². The van der Waals surface area contributed by atoms with E-state index < -0.39 is 17.9 Å². The third-order valence-electron chi connectivity index (χ3n) is 2.30. The average Bonchev–Trinajstić information content (AvgIpc) is 2.38. The molecule has 0 bridgehead atoms. The second-order valence-electron chi connectivity index (χ2n) is 3.85. The number of hydrogen-bond acceptors (Lipinski definition) is 5. The van der Waals surface area contributed by atoms with E-state index in [-0.39, 0.29) is 12.8 Å². The molecule has 0 aliphatic carbocycles. The maximum Gasteiger partial charge on any atom is 0.303 e. The lowest BCUT2D eigenvalue weighted by atomic mass is 10.1. The third kappa shape index (κ3) is 5.35. The molecule has 19 heavy (non-hydrogen) atoms. The number of rotatable bonds is 7. The molecule has 7 nitrogen and oxygen atoms in total. The minimum absolute atomic E-state index is 0.0889. The van der Waals surface area contributed by atoms with Crippen LogP contribution in [-0.4, -0.2) is 34.6 Å². The molecule has 1 aromatic rings. The van der Waals surface area contributed by atoms with E-state index in [1.807, 2.05) is 6.92 Å². The van der Waals surface area contributed by atoms with Gasteiger partial charge in [-0.15, -0.1) is 0 Å². The van der Waals surface area contributed by atoms with Crippen molar-refractivity contribution in [3.8, 4) is 5.88 Å². The summed E-state index contributed by atoms with van der Waals surface area (Å²) in [6.45, 7) is 2.36. The Balaban J connectivity index is 2.49. The van der Waals surface area contributed by atoms with E-state index in [1.165, 1.54) is 6.20 Å². The molecule has 7 heteroatoms. The molecule has 1 rings (SSSR count). The number of aliphatic carboxylic acids is 1. The molecule has 1 amide bonds. The van der Waals surface area contributed by atoms with Gasteiger partial charge in [-0.2, -0.15) is 0 Å². The molecule has 0 saturated carbocycles. The van der Waals surface area contributed by atoms with Crippen molar-refractivity contribution in [3.63, 3.8) is 0 Å². The molecule has 0 spiro atoms. The van der Waals surface area contributed by atoms with E-state index >= 15 is 0 Å². The second kappa shape index (κ2) is 7.32. The zero-order chi connectivity index (χ0) is 14.3. The first-order chi connectivity index (χ1) is 9.02. The van der Waals surface area contributed by atoms with E-state index in [0.29, 0.717) is 18.2 Å². The van der Waals surface area contributed by atoms with Crippen LogP contribution in [0.15, 0.2) is 18.3 Å². The molecule has 1 heterocycles. The number of nitrogens with two attached hydrogens (primary N) is 1. The van der Waals surface area contributed by atoms with Crippen LogP contribution in [-0.2, 0) is 9.59 Å². The number of ether oxygens (including phenoxy) is 1. The van der Waals surface area contributed by atoms with Gasteiger partial charge in [0.25, 0.3) is 0 Å². The van der Waals surface area contributed by atoms with Crippen molar-refractivity contribution in [2.75, 3.05) is 11.9 Å². The number of carboxylic acid groups (broad SMARTS) is 1. The smallest absolute Gasteiger partial charge is 0.303 e. The number of nitrogens with one attached hydrogen (secondary N) is 1. The Morgan fingerprint density at radius 1 is 1.53 bits per heavy atom. The van der Waals surface area contributed by atoms with Gasteiger partial charge >= 0.3 is 5.97 Å². The Labute approximate surface area is 110 Å². The van der Waals surface area contributed by atoms with Gasteiger partial charge in [-0.1, -0.05) is 0 Å². The maximum atomic E-state index is 11.6. The topological polar surface area (TPSA) is 115 Å². The molecule has 1 atom stereocenters. The number of nitrogens with zero attached hydrogens (tertiary/aromatic N) is 1. The van der Waals surface area contributed by atoms with E-state index in [4.69, 9.17) is 15.6 Å². The number of amides is 1. The van der Waals surface area contributed by atoms with Crippen LogP contribution < -0.4 is 15.8 Å². The van der Waals surface area contributed by atoms with Gasteiger partial charge in [0.2, 0.25) is 11.8 Å². The Hall–Kier alpha value is -2.15. The average molecular weight is 267 g/mol. The van der Waals surface area contributed by atoms with Gasteiger partial charge in [0.15, 0.2) is 0 Å². The highest BCUT2D eigenvalue weighted by molar-refractivity contribution is 5.94. The summed E-state index contributed by atoms with van der Waals surface area (Å²) >= 11 is 0. The number of carbonyl (C=O) groups is 2. The summed E-state index contributed by atoms with van der Waals surface area (Å²) in [6, 6.07) is 2.41. The van der Waals surface area contributed by atoms with E-state index in [1.54, 1.807) is 12.1 Å². The van der Waals surface area contributed by atoms with Crippen molar-refractivity contribution in [2.24, 2.45) is 5.73 Å². The zero-order valence-corrected chi connectivity index (χ0v) is 10.6. The molecule has 0 aliphatic heterocycles. The molecule has 4 N–H and O–H groups in total. The Kier molecular flexibility index (Phi) is 5.74. The van der Waals surface area contributed by atoms with Crippen LogP contribution in [0.3, 0.4) is 0 Å². The van der Waals surface area contributed by atoms with Crippen molar-refractivity contribution < 1.29 is 19.4 Å². The summed E-state index contributed by atoms with van der Waals surface area (Å²) in [5, 5.41) is 11.1. The van der Waals surface area contributed by atoms with Gasteiger partial charge in [-0.05, 0) is 19.4 Å². The van der Waals surface area contributed by atoms with Crippen LogP contribution in [0, 0.1) is 0 Å². The molecule has 1 aromatic heterocycles. The summed E-state index contributed by atoms with van der Waals surface area (Å²) in [5.41, 5.74) is 6.06.